The van der Waals surface area contributed by atoms with Gasteiger partial charge in [-0.2, -0.15) is 0 Å². The summed E-state index contributed by atoms with van der Waals surface area (Å²) in [6, 6.07) is 22.9. The monoisotopic (exact) mass is 604 g/mol. The van der Waals surface area contributed by atoms with Gasteiger partial charge in [0, 0.05) is 11.1 Å². The first-order valence-electron chi connectivity index (χ1n) is 19.2. The third kappa shape index (κ3) is 15.1. The number of rotatable bonds is 27. The molecule has 1 heteroatoms. The van der Waals surface area contributed by atoms with Gasteiger partial charge in [0.1, 0.15) is 0 Å². The average molecular weight is 604 g/mol. The molecule has 0 saturated heterocycles. The molecule has 44 heavy (non-hydrogen) atoms. The predicted molar refractivity (Wildman–Crippen MR) is 198 cm³/mol. The Morgan fingerprint density at radius 3 is 0.977 bits per heavy atom. The Kier molecular flexibility index (Phi) is 20.0. The summed E-state index contributed by atoms with van der Waals surface area (Å²) in [5.41, 5.74) is 3.04. The summed E-state index contributed by atoms with van der Waals surface area (Å²) in [6.45, 7) is 14.8. The summed E-state index contributed by atoms with van der Waals surface area (Å²) in [4.78, 5) is 2.94. The van der Waals surface area contributed by atoms with E-state index in [4.69, 9.17) is 0 Å². The lowest BCUT2D eigenvalue weighted by molar-refractivity contribution is -0.0241. The van der Waals surface area contributed by atoms with E-state index in [1.165, 1.54) is 152 Å². The predicted octanol–water partition coefficient (Wildman–Crippen LogP) is 14.3. The van der Waals surface area contributed by atoms with E-state index in [0.29, 0.717) is 0 Å². The summed E-state index contributed by atoms with van der Waals surface area (Å²) in [6.07, 6.45) is 30.5. The number of hydrogen-bond donors (Lipinski definition) is 0. The molecule has 0 fully saturated rings. The molecule has 1 nitrogen and oxygen atoms in total. The smallest absolute Gasteiger partial charge is 0.0611 e. The van der Waals surface area contributed by atoms with Crippen molar-refractivity contribution in [1.29, 1.82) is 0 Å². The van der Waals surface area contributed by atoms with Crippen LogP contribution >= 0.6 is 0 Å². The number of benzene rings is 2. The molecule has 2 aromatic rings. The zero-order valence-electron chi connectivity index (χ0n) is 30.4. The number of unbranched alkanes of at least 4 members (excludes halogenated alkanes) is 18. The van der Waals surface area contributed by atoms with Gasteiger partial charge in [-0.25, -0.2) is 0 Å². The van der Waals surface area contributed by atoms with Crippen LogP contribution in [0.15, 0.2) is 60.7 Å². The van der Waals surface area contributed by atoms with Crippen LogP contribution in [0.2, 0.25) is 0 Å². The van der Waals surface area contributed by atoms with Gasteiger partial charge in [0.05, 0.1) is 6.04 Å². The van der Waals surface area contributed by atoms with Crippen LogP contribution in [-0.4, -0.2) is 16.0 Å². The SMILES string of the molecule is CCCCCCCCCCCCC(C)(C)N(C(c1ccccc1)c1ccccc1)C(C)(C)CCCCCCCCCCCC. The highest BCUT2D eigenvalue weighted by atomic mass is 15.3. The second-order valence-electron chi connectivity index (χ2n) is 15.1. The van der Waals surface area contributed by atoms with Gasteiger partial charge in [0.2, 0.25) is 0 Å². The molecular weight excluding hydrogens is 530 g/mol. The second-order valence-corrected chi connectivity index (χ2v) is 15.1. The Labute approximate surface area is 276 Å². The normalized spacial score (nSPS) is 12.5. The van der Waals surface area contributed by atoms with Crippen LogP contribution in [0.3, 0.4) is 0 Å². The summed E-state index contributed by atoms with van der Waals surface area (Å²) in [5.74, 6) is 0. The van der Waals surface area contributed by atoms with E-state index < -0.39 is 0 Å². The van der Waals surface area contributed by atoms with E-state index >= 15 is 0 Å². The summed E-state index contributed by atoms with van der Waals surface area (Å²) in [7, 11) is 0. The summed E-state index contributed by atoms with van der Waals surface area (Å²) >= 11 is 0. The quantitative estimate of drug-likeness (QED) is 0.0918. The third-order valence-electron chi connectivity index (χ3n) is 10.1. The second kappa shape index (κ2) is 22.8. The molecule has 0 bridgehead atoms. The van der Waals surface area contributed by atoms with Gasteiger partial charge in [0.25, 0.3) is 0 Å². The van der Waals surface area contributed by atoms with E-state index in [1.807, 2.05) is 0 Å². The van der Waals surface area contributed by atoms with Crippen molar-refractivity contribution in [1.82, 2.24) is 4.90 Å². The maximum atomic E-state index is 2.94. The van der Waals surface area contributed by atoms with Crippen molar-refractivity contribution >= 4 is 0 Å². The molecule has 0 N–H and O–H groups in total. The van der Waals surface area contributed by atoms with Crippen molar-refractivity contribution < 1.29 is 0 Å². The zero-order valence-corrected chi connectivity index (χ0v) is 30.4. The fourth-order valence-electron chi connectivity index (χ4n) is 7.61. The highest BCUT2D eigenvalue weighted by molar-refractivity contribution is 5.33. The van der Waals surface area contributed by atoms with E-state index in [0.717, 1.165) is 0 Å². The lowest BCUT2D eigenvalue weighted by atomic mass is 9.81. The molecule has 0 aliphatic carbocycles. The minimum absolute atomic E-state index is 0.0957. The largest absolute Gasteiger partial charge is 0.282 e. The van der Waals surface area contributed by atoms with Crippen LogP contribution < -0.4 is 0 Å². The fourth-order valence-corrected chi connectivity index (χ4v) is 7.61. The Bertz CT molecular complexity index is 839. The molecule has 0 atom stereocenters. The molecule has 0 aliphatic heterocycles. The molecule has 0 heterocycles. The van der Waals surface area contributed by atoms with Crippen LogP contribution in [0.5, 0.6) is 0 Å². The zero-order chi connectivity index (χ0) is 31.9. The van der Waals surface area contributed by atoms with Gasteiger partial charge in [0.15, 0.2) is 0 Å². The van der Waals surface area contributed by atoms with Gasteiger partial charge in [-0.05, 0) is 51.7 Å². The highest BCUT2D eigenvalue weighted by Gasteiger charge is 2.42. The minimum atomic E-state index is 0.0957. The third-order valence-corrected chi connectivity index (χ3v) is 10.1. The lowest BCUT2D eigenvalue weighted by Crippen LogP contribution is -2.57. The van der Waals surface area contributed by atoms with E-state index in [1.54, 1.807) is 0 Å². The molecule has 0 amide bonds. The van der Waals surface area contributed by atoms with E-state index in [-0.39, 0.29) is 17.1 Å². The molecule has 0 spiro atoms. The van der Waals surface area contributed by atoms with Gasteiger partial charge in [-0.15, -0.1) is 0 Å². The average Bonchev–Trinajstić information content (AvgIpc) is 3.02. The molecular formula is C43H73N. The van der Waals surface area contributed by atoms with Crippen molar-refractivity contribution in [2.45, 2.75) is 200 Å². The van der Waals surface area contributed by atoms with Crippen molar-refractivity contribution in [2.24, 2.45) is 0 Å². The summed E-state index contributed by atoms with van der Waals surface area (Å²) in [5, 5.41) is 0. The standard InChI is InChI=1S/C43H73N/c1-7-9-11-13-15-17-19-21-23-31-37-42(3,4)44(41(39-33-27-25-28-34-39)40-35-29-26-30-36-40)43(5,6)38-32-24-22-20-18-16-14-12-10-8-2/h25-30,33-36,41H,7-24,31-32,37-38H2,1-6H3. The van der Waals surface area contributed by atoms with Gasteiger partial charge in [-0.1, -0.05) is 203 Å². The van der Waals surface area contributed by atoms with Crippen LogP contribution in [-0.2, 0) is 0 Å². The van der Waals surface area contributed by atoms with Gasteiger partial charge >= 0.3 is 0 Å². The molecule has 0 aliphatic rings. The highest BCUT2D eigenvalue weighted by Crippen LogP contribution is 2.43. The fraction of sp³-hybridized carbons (Fsp3) is 0.721. The Morgan fingerprint density at radius 2 is 0.682 bits per heavy atom. The first kappa shape index (κ1) is 38.6. The lowest BCUT2D eigenvalue weighted by Gasteiger charge is -2.53. The van der Waals surface area contributed by atoms with Gasteiger partial charge in [-0.3, -0.25) is 4.90 Å². The topological polar surface area (TPSA) is 3.24 Å². The van der Waals surface area contributed by atoms with Crippen LogP contribution in [0, 0.1) is 0 Å². The van der Waals surface area contributed by atoms with Crippen LogP contribution in [0.4, 0.5) is 0 Å². The van der Waals surface area contributed by atoms with Crippen molar-refractivity contribution in [3.05, 3.63) is 71.8 Å². The maximum Gasteiger partial charge on any atom is 0.0611 e. The van der Waals surface area contributed by atoms with Crippen LogP contribution in [0.25, 0.3) is 0 Å². The Balaban J connectivity index is 2.07. The molecule has 250 valence electrons. The van der Waals surface area contributed by atoms with Gasteiger partial charge < -0.3 is 0 Å². The minimum Gasteiger partial charge on any atom is -0.282 e. The number of nitrogens with zero attached hydrogens (tertiary/aromatic N) is 1. The molecule has 2 aromatic carbocycles. The van der Waals surface area contributed by atoms with E-state index in [2.05, 4.69) is 107 Å². The Hall–Kier alpha value is -1.60. The summed E-state index contributed by atoms with van der Waals surface area (Å²) < 4.78 is 0. The molecule has 0 radical (unpaired) electrons. The molecule has 0 unspecified atom stereocenters. The molecule has 0 saturated carbocycles. The number of hydrogen-bond acceptors (Lipinski definition) is 1. The van der Waals surface area contributed by atoms with Crippen molar-refractivity contribution in [3.8, 4) is 0 Å². The van der Waals surface area contributed by atoms with Crippen LogP contribution in [0.1, 0.15) is 200 Å². The molecule has 0 aromatic heterocycles. The maximum absolute atomic E-state index is 2.94. The van der Waals surface area contributed by atoms with Crippen molar-refractivity contribution in [3.63, 3.8) is 0 Å². The molecule has 2 rings (SSSR count). The first-order valence-corrected chi connectivity index (χ1v) is 19.2. The Morgan fingerprint density at radius 1 is 0.409 bits per heavy atom. The van der Waals surface area contributed by atoms with Crippen molar-refractivity contribution in [2.75, 3.05) is 0 Å². The first-order chi connectivity index (χ1) is 21.3. The van der Waals surface area contributed by atoms with E-state index in [9.17, 15) is 0 Å².